The first-order valence-corrected chi connectivity index (χ1v) is 36.5. The number of hydrogen-bond acceptors (Lipinski definition) is 26. The highest BCUT2D eigenvalue weighted by Crippen LogP contribution is 2.40. The van der Waals surface area contributed by atoms with Gasteiger partial charge in [0.2, 0.25) is 0 Å². The van der Waals surface area contributed by atoms with Crippen molar-refractivity contribution in [2.75, 3.05) is 6.61 Å². The number of ether oxygens (including phenoxy) is 14. The first kappa shape index (κ1) is 81.4. The topological polar surface area (TPSA) is 359 Å². The molecule has 26 nitrogen and oxygen atoms in total. The number of esters is 4. The number of unbranched alkanes of at least 4 members (excludes halogenated alkanes) is 10. The molecule has 98 heavy (non-hydrogen) atoms. The molecule has 6 heterocycles. The number of aliphatic hydroxyl groups is 8. The molecular weight excluding hydrogens is 1280 g/mol. The first-order valence-electron chi connectivity index (χ1n) is 36.5. The minimum atomic E-state index is -2.06. The van der Waals surface area contributed by atoms with Gasteiger partial charge in [0, 0.05) is 18.9 Å². The van der Waals surface area contributed by atoms with Gasteiger partial charge in [-0.3, -0.25) is 14.4 Å². The average molecular weight is 1400 g/mol. The Hall–Kier alpha value is -3.88. The third kappa shape index (κ3) is 23.3. The van der Waals surface area contributed by atoms with Crippen LogP contribution in [0.25, 0.3) is 6.08 Å². The van der Waals surface area contributed by atoms with Gasteiger partial charge in [-0.15, -0.1) is 0 Å². The number of fused-ring (bicyclic) bond motifs is 2. The van der Waals surface area contributed by atoms with E-state index in [9.17, 15) is 60.0 Å². The van der Waals surface area contributed by atoms with Gasteiger partial charge < -0.3 is 107 Å². The van der Waals surface area contributed by atoms with E-state index >= 15 is 0 Å². The highest BCUT2D eigenvalue weighted by atomic mass is 16.8. The summed E-state index contributed by atoms with van der Waals surface area (Å²) in [7, 11) is 0. The predicted octanol–water partition coefficient (Wildman–Crippen LogP) is 6.57. The van der Waals surface area contributed by atoms with E-state index in [1.807, 2.05) is 0 Å². The second kappa shape index (κ2) is 41.4. The molecule has 26 heteroatoms. The summed E-state index contributed by atoms with van der Waals surface area (Å²) >= 11 is 0. The Labute approximate surface area is 577 Å². The molecule has 0 radical (unpaired) electrons. The smallest absolute Gasteiger partial charge is 0.331 e. The lowest BCUT2D eigenvalue weighted by molar-refractivity contribution is -0.400. The summed E-state index contributed by atoms with van der Waals surface area (Å²) in [5.74, 6) is -3.93. The molecular formula is C72H116O26. The fourth-order valence-electron chi connectivity index (χ4n) is 13.4. The van der Waals surface area contributed by atoms with Crippen molar-refractivity contribution in [3.63, 3.8) is 0 Å². The Bertz CT molecular complexity index is 2510. The fraction of sp³-hybridized carbons (Fsp3) is 0.833. The van der Waals surface area contributed by atoms with Gasteiger partial charge in [-0.05, 0) is 71.4 Å². The SMILES string of the molecule is CCCCCCCCCCCC(=O)O[C@@H]1[C@@H](OC(=O)/C=C/c2ccccc2)[C@@H](O)[C@H](O[C@@H]2[C@@H](O[C@@H]3O[C@H](CO)[C@@H](O)[C@H](O)[C@H]3O)[C@@H](OC(=O)C(C)CC)[C@H](O[C@@H]3[C@@H](O)[C@H]4OC(=O)CCCCCCCCCC(CCCCC)O[C@@H]5O[C@H](C)[C@H](O)[C@H](O)[C@H]5O[C@@H]4O[C@H]3C)O[C@H]2C)O[C@H]1C. The maximum Gasteiger partial charge on any atom is 0.331 e. The highest BCUT2D eigenvalue weighted by molar-refractivity contribution is 5.87. The molecule has 0 bridgehead atoms. The van der Waals surface area contributed by atoms with Gasteiger partial charge in [0.25, 0.3) is 0 Å². The summed E-state index contributed by atoms with van der Waals surface area (Å²) in [5.41, 5.74) is 0.657. The van der Waals surface area contributed by atoms with E-state index in [0.29, 0.717) is 31.2 Å². The van der Waals surface area contributed by atoms with Crippen molar-refractivity contribution in [2.45, 2.75) is 369 Å². The van der Waals surface area contributed by atoms with Crippen LogP contribution in [-0.4, -0.2) is 231 Å². The van der Waals surface area contributed by atoms with Crippen molar-refractivity contribution < 1.29 is 126 Å². The molecule has 27 atom stereocenters. The van der Waals surface area contributed by atoms with E-state index in [0.717, 1.165) is 102 Å². The van der Waals surface area contributed by atoms with E-state index in [-0.39, 0.29) is 25.4 Å². The molecule has 0 spiro atoms. The van der Waals surface area contributed by atoms with Crippen LogP contribution >= 0.6 is 0 Å². The van der Waals surface area contributed by atoms with E-state index in [2.05, 4.69) is 13.8 Å². The Morgan fingerprint density at radius 2 is 1.10 bits per heavy atom. The zero-order valence-corrected chi connectivity index (χ0v) is 58.7. The van der Waals surface area contributed by atoms with Crippen LogP contribution in [0.5, 0.6) is 0 Å². The molecule has 0 aromatic heterocycles. The van der Waals surface area contributed by atoms with Crippen LogP contribution in [0.4, 0.5) is 0 Å². The number of benzene rings is 1. The Morgan fingerprint density at radius 1 is 0.520 bits per heavy atom. The molecule has 7 rings (SSSR count). The highest BCUT2D eigenvalue weighted by Gasteiger charge is 2.59. The predicted molar refractivity (Wildman–Crippen MR) is 351 cm³/mol. The maximum atomic E-state index is 14.4. The minimum Gasteiger partial charge on any atom is -0.455 e. The quantitative estimate of drug-likeness (QED) is 0.0190. The van der Waals surface area contributed by atoms with Crippen LogP contribution in [0.1, 0.15) is 215 Å². The van der Waals surface area contributed by atoms with Gasteiger partial charge in [0.1, 0.15) is 73.2 Å². The van der Waals surface area contributed by atoms with E-state index in [4.69, 9.17) is 66.3 Å². The minimum absolute atomic E-state index is 0.0282. The van der Waals surface area contributed by atoms with Gasteiger partial charge in [-0.25, -0.2) is 4.79 Å². The lowest BCUT2D eigenvalue weighted by Gasteiger charge is -2.51. The van der Waals surface area contributed by atoms with Crippen molar-refractivity contribution in [1.82, 2.24) is 0 Å². The molecule has 1 aromatic rings. The molecule has 6 saturated heterocycles. The van der Waals surface area contributed by atoms with Crippen molar-refractivity contribution >= 4 is 30.0 Å². The monoisotopic (exact) mass is 1400 g/mol. The van der Waals surface area contributed by atoms with E-state index in [1.54, 1.807) is 51.1 Å². The molecule has 6 fully saturated rings. The summed E-state index contributed by atoms with van der Waals surface area (Å²) in [6, 6.07) is 8.88. The second-order valence-electron chi connectivity index (χ2n) is 27.5. The van der Waals surface area contributed by atoms with Gasteiger partial charge in [0.05, 0.1) is 43.0 Å². The lowest BCUT2D eigenvalue weighted by Crippen LogP contribution is -2.68. The average Bonchev–Trinajstić information content (AvgIpc) is 0.766. The van der Waals surface area contributed by atoms with Gasteiger partial charge in [-0.2, -0.15) is 0 Å². The lowest BCUT2D eigenvalue weighted by atomic mass is 9.95. The van der Waals surface area contributed by atoms with Crippen LogP contribution in [0.15, 0.2) is 36.4 Å². The zero-order valence-electron chi connectivity index (χ0n) is 58.7. The molecule has 2 unspecified atom stereocenters. The number of rotatable bonds is 28. The third-order valence-electron chi connectivity index (χ3n) is 19.6. The molecule has 0 aliphatic carbocycles. The Balaban J connectivity index is 1.21. The number of carbonyl (C=O) groups is 4. The first-order chi connectivity index (χ1) is 47.1. The van der Waals surface area contributed by atoms with Gasteiger partial charge in [-0.1, -0.05) is 167 Å². The number of aliphatic hydroxyl groups excluding tert-OH is 8. The molecule has 0 saturated carbocycles. The zero-order chi connectivity index (χ0) is 71.0. The third-order valence-corrected chi connectivity index (χ3v) is 19.6. The Kier molecular flexibility index (Phi) is 34.4. The van der Waals surface area contributed by atoms with Crippen LogP contribution in [-0.2, 0) is 85.5 Å². The van der Waals surface area contributed by atoms with Crippen LogP contribution in [0.3, 0.4) is 0 Å². The van der Waals surface area contributed by atoms with Gasteiger partial charge >= 0.3 is 23.9 Å². The van der Waals surface area contributed by atoms with Crippen molar-refractivity contribution in [1.29, 1.82) is 0 Å². The summed E-state index contributed by atoms with van der Waals surface area (Å²) in [4.78, 5) is 55.8. The normalized spacial score (nSPS) is 38.3. The molecule has 560 valence electrons. The second-order valence-corrected chi connectivity index (χ2v) is 27.5. The molecule has 0 amide bonds. The van der Waals surface area contributed by atoms with E-state index in [1.165, 1.54) is 39.7 Å². The van der Waals surface area contributed by atoms with Crippen LogP contribution in [0.2, 0.25) is 0 Å². The van der Waals surface area contributed by atoms with Crippen molar-refractivity contribution in [3.8, 4) is 0 Å². The Morgan fingerprint density at radius 3 is 1.79 bits per heavy atom. The van der Waals surface area contributed by atoms with Crippen LogP contribution < -0.4 is 0 Å². The van der Waals surface area contributed by atoms with Crippen molar-refractivity contribution in [3.05, 3.63) is 42.0 Å². The molecule has 6 aliphatic heterocycles. The summed E-state index contributed by atoms with van der Waals surface area (Å²) in [6.07, 6.45) is -19.0. The standard InChI is InChI=1S/C72H116O26/c1-9-12-14-15-16-17-20-23-30-36-49(74)91-60-44(7)86-69(58(83)62(60)92-51(76)39-38-46-32-27-25-28-33-46)96-61-45(8)88-72(66(94-67(84)41(4)11-3)65(61)98-68-56(81)54(79)53(78)48(40-73)90-68)95-59-43(6)87-71-64(57(59)82)93-50(75)37-31-24-21-18-19-22-29-35-47(34-26-13-10-2)89-70-63(97-71)55(80)52(77)42(5)85-70/h25,27-28,32-33,38-39,41-45,47-48,52-66,68-73,77-83H,9-24,26,29-31,34-37,40H2,1-8H3/b39-38+/t41?,42-,43+,44+,45+,47?,48-,52+,53-,54+,55+,56-,57-,58-,59+,60+,61+,62+,63-,64-,65-,66-,68+,69+,70+,71+,72+/m1/s1. The summed E-state index contributed by atoms with van der Waals surface area (Å²) in [6.45, 7) is 12.8. The van der Waals surface area contributed by atoms with Gasteiger partial charge in [0.15, 0.2) is 55.9 Å². The maximum absolute atomic E-state index is 14.4. The molecule has 1 aromatic carbocycles. The van der Waals surface area contributed by atoms with E-state index < -0.39 is 190 Å². The fourth-order valence-corrected chi connectivity index (χ4v) is 13.4. The molecule has 8 N–H and O–H groups in total. The largest absolute Gasteiger partial charge is 0.455 e. The van der Waals surface area contributed by atoms with Crippen molar-refractivity contribution in [2.24, 2.45) is 5.92 Å². The molecule has 6 aliphatic rings. The van der Waals surface area contributed by atoms with Crippen LogP contribution in [0, 0.1) is 5.92 Å². The number of carbonyl (C=O) groups excluding carboxylic acids is 4. The summed E-state index contributed by atoms with van der Waals surface area (Å²) in [5, 5.41) is 92.3. The number of hydrogen-bond donors (Lipinski definition) is 8. The summed E-state index contributed by atoms with van der Waals surface area (Å²) < 4.78 is 89.2.